The van der Waals surface area contributed by atoms with Gasteiger partial charge in [0.2, 0.25) is 0 Å². The number of halogens is 1. The van der Waals surface area contributed by atoms with E-state index in [1.54, 1.807) is 25.1 Å². The van der Waals surface area contributed by atoms with Gasteiger partial charge in [-0.25, -0.2) is 9.37 Å². The van der Waals surface area contributed by atoms with Crippen LogP contribution < -0.4 is 0 Å². The third kappa shape index (κ3) is 3.36. The molecule has 0 atom stereocenters. The first-order valence-electron chi connectivity index (χ1n) is 7.06. The third-order valence-corrected chi connectivity index (χ3v) is 4.29. The van der Waals surface area contributed by atoms with Gasteiger partial charge in [-0.2, -0.15) is 5.26 Å². The molecule has 2 nitrogen and oxygen atoms in total. The van der Waals surface area contributed by atoms with Crippen LogP contribution in [0.25, 0.3) is 22.9 Å². The molecule has 1 aromatic heterocycles. The predicted octanol–water partition coefficient (Wildman–Crippen LogP) is 5.32. The molecule has 0 spiro atoms. The Bertz CT molecular complexity index is 905. The topological polar surface area (TPSA) is 36.7 Å². The van der Waals surface area contributed by atoms with Gasteiger partial charge in [-0.3, -0.25) is 0 Å². The maximum absolute atomic E-state index is 13.3. The van der Waals surface area contributed by atoms with Crippen LogP contribution in [0.4, 0.5) is 4.39 Å². The van der Waals surface area contributed by atoms with E-state index in [2.05, 4.69) is 11.1 Å². The van der Waals surface area contributed by atoms with Gasteiger partial charge in [0.1, 0.15) is 16.9 Å². The largest absolute Gasteiger partial charge is 0.235 e. The lowest BCUT2D eigenvalue weighted by atomic mass is 10.1. The highest BCUT2D eigenvalue weighted by molar-refractivity contribution is 7.11. The molecule has 0 aliphatic rings. The predicted molar refractivity (Wildman–Crippen MR) is 92.2 cm³/mol. The lowest BCUT2D eigenvalue weighted by Crippen LogP contribution is -1.85. The van der Waals surface area contributed by atoms with Crippen molar-refractivity contribution in [3.63, 3.8) is 0 Å². The summed E-state index contributed by atoms with van der Waals surface area (Å²) in [4.78, 5) is 4.54. The Labute approximate surface area is 138 Å². The zero-order valence-corrected chi connectivity index (χ0v) is 13.3. The molecule has 23 heavy (non-hydrogen) atoms. The van der Waals surface area contributed by atoms with Crippen molar-refractivity contribution < 1.29 is 4.39 Å². The highest BCUT2D eigenvalue weighted by Gasteiger charge is 2.09. The summed E-state index contributed by atoms with van der Waals surface area (Å²) in [5.74, 6) is -0.249. The molecule has 0 radical (unpaired) electrons. The normalized spacial score (nSPS) is 11.3. The summed E-state index contributed by atoms with van der Waals surface area (Å²) in [7, 11) is 0. The van der Waals surface area contributed by atoms with E-state index in [0.717, 1.165) is 16.8 Å². The highest BCUT2D eigenvalue weighted by Crippen LogP contribution is 2.27. The first-order chi connectivity index (χ1) is 11.2. The van der Waals surface area contributed by atoms with Gasteiger partial charge in [0.15, 0.2) is 0 Å². The van der Waals surface area contributed by atoms with E-state index >= 15 is 0 Å². The molecule has 0 aliphatic heterocycles. The van der Waals surface area contributed by atoms with Crippen molar-refractivity contribution in [3.05, 3.63) is 75.9 Å². The van der Waals surface area contributed by atoms with Crippen LogP contribution in [0.5, 0.6) is 0 Å². The Hall–Kier alpha value is -2.77. The molecule has 0 amide bonds. The molecule has 4 heteroatoms. The summed E-state index contributed by atoms with van der Waals surface area (Å²) in [6, 6.07) is 16.8. The van der Waals surface area contributed by atoms with Gasteiger partial charge >= 0.3 is 0 Å². The smallest absolute Gasteiger partial charge is 0.134 e. The van der Waals surface area contributed by atoms with Crippen LogP contribution in [-0.2, 0) is 0 Å². The Balaban J connectivity index is 1.96. The summed E-state index contributed by atoms with van der Waals surface area (Å²) in [6.07, 6.45) is 1.74. The van der Waals surface area contributed by atoms with E-state index in [0.29, 0.717) is 16.1 Å². The molecule has 3 aromatic rings. The molecular weight excluding hydrogens is 307 g/mol. The molecule has 2 aromatic carbocycles. The number of allylic oxidation sites excluding steroid dienone is 1. The minimum absolute atomic E-state index is 0.249. The number of benzene rings is 2. The third-order valence-electron chi connectivity index (χ3n) is 3.42. The number of nitriles is 1. The van der Waals surface area contributed by atoms with E-state index in [1.807, 2.05) is 35.7 Å². The molecule has 0 saturated heterocycles. The summed E-state index contributed by atoms with van der Waals surface area (Å²) in [5.41, 5.74) is 3.69. The fraction of sp³-hybridized carbons (Fsp3) is 0.0526. The number of nitrogens with zero attached hydrogens (tertiary/aromatic N) is 2. The first kappa shape index (κ1) is 15.1. The lowest BCUT2D eigenvalue weighted by Gasteiger charge is -1.99. The number of thiazole rings is 1. The monoisotopic (exact) mass is 320 g/mol. The van der Waals surface area contributed by atoms with Gasteiger partial charge in [0, 0.05) is 10.9 Å². The molecule has 0 aliphatic carbocycles. The zero-order valence-electron chi connectivity index (χ0n) is 12.5. The molecule has 0 N–H and O–H groups in total. The molecule has 3 rings (SSSR count). The van der Waals surface area contributed by atoms with E-state index in [4.69, 9.17) is 0 Å². The SMILES string of the molecule is Cc1cc(C=C(C#N)c2nc(-c3ccccc3)cs2)ccc1F. The Kier molecular flexibility index (Phi) is 4.31. The summed E-state index contributed by atoms with van der Waals surface area (Å²) >= 11 is 1.43. The van der Waals surface area contributed by atoms with Gasteiger partial charge in [0.25, 0.3) is 0 Å². The number of aromatic nitrogens is 1. The van der Waals surface area contributed by atoms with Crippen LogP contribution in [0.3, 0.4) is 0 Å². The van der Waals surface area contributed by atoms with Crippen molar-refractivity contribution >= 4 is 23.0 Å². The zero-order chi connectivity index (χ0) is 16.2. The first-order valence-corrected chi connectivity index (χ1v) is 7.94. The minimum atomic E-state index is -0.249. The standard InChI is InChI=1S/C19H13FN2S/c1-13-9-14(7-8-17(13)20)10-16(11-21)19-22-18(12-23-19)15-5-3-2-4-6-15/h2-10,12H,1H3. The van der Waals surface area contributed by atoms with E-state index in [-0.39, 0.29) is 5.82 Å². The minimum Gasteiger partial charge on any atom is -0.235 e. The Morgan fingerprint density at radius 1 is 1.22 bits per heavy atom. The van der Waals surface area contributed by atoms with E-state index in [9.17, 15) is 9.65 Å². The summed E-state index contributed by atoms with van der Waals surface area (Å²) in [5, 5.41) is 12.0. The number of hydrogen-bond donors (Lipinski definition) is 0. The second-order valence-corrected chi connectivity index (χ2v) is 5.94. The van der Waals surface area contributed by atoms with E-state index in [1.165, 1.54) is 17.4 Å². The fourth-order valence-corrected chi connectivity index (χ4v) is 3.00. The van der Waals surface area contributed by atoms with E-state index < -0.39 is 0 Å². The molecule has 0 saturated carbocycles. The second-order valence-electron chi connectivity index (χ2n) is 5.08. The quantitative estimate of drug-likeness (QED) is 0.612. The second kappa shape index (κ2) is 6.55. The van der Waals surface area contributed by atoms with Crippen molar-refractivity contribution in [1.82, 2.24) is 4.98 Å². The summed E-state index contributed by atoms with van der Waals surface area (Å²) < 4.78 is 13.3. The van der Waals surface area contributed by atoms with Crippen LogP contribution in [-0.4, -0.2) is 4.98 Å². The van der Waals surface area contributed by atoms with Gasteiger partial charge < -0.3 is 0 Å². The van der Waals surface area contributed by atoms with Gasteiger partial charge in [-0.05, 0) is 36.3 Å². The molecule has 0 bridgehead atoms. The van der Waals surface area contributed by atoms with Crippen LogP contribution in [0.15, 0.2) is 53.9 Å². The lowest BCUT2D eigenvalue weighted by molar-refractivity contribution is 0.618. The van der Waals surface area contributed by atoms with Crippen LogP contribution >= 0.6 is 11.3 Å². The molecule has 1 heterocycles. The highest BCUT2D eigenvalue weighted by atomic mass is 32.1. The molecule has 112 valence electrons. The van der Waals surface area contributed by atoms with Crippen molar-refractivity contribution in [2.24, 2.45) is 0 Å². The molecule has 0 fully saturated rings. The van der Waals surface area contributed by atoms with Crippen molar-refractivity contribution in [1.29, 1.82) is 5.26 Å². The maximum Gasteiger partial charge on any atom is 0.134 e. The maximum atomic E-state index is 13.3. The van der Waals surface area contributed by atoms with Crippen LogP contribution in [0.1, 0.15) is 16.1 Å². The Morgan fingerprint density at radius 3 is 2.70 bits per heavy atom. The fourth-order valence-electron chi connectivity index (χ4n) is 2.21. The van der Waals surface area contributed by atoms with Crippen LogP contribution in [0.2, 0.25) is 0 Å². The average Bonchev–Trinajstić information content (AvgIpc) is 3.06. The van der Waals surface area contributed by atoms with Gasteiger partial charge in [-0.1, -0.05) is 36.4 Å². The van der Waals surface area contributed by atoms with Crippen molar-refractivity contribution in [2.45, 2.75) is 6.92 Å². The van der Waals surface area contributed by atoms with Crippen molar-refractivity contribution in [3.8, 4) is 17.3 Å². The summed E-state index contributed by atoms with van der Waals surface area (Å²) in [6.45, 7) is 1.70. The van der Waals surface area contributed by atoms with Gasteiger partial charge in [0.05, 0.1) is 11.3 Å². The van der Waals surface area contributed by atoms with Crippen molar-refractivity contribution in [2.75, 3.05) is 0 Å². The van der Waals surface area contributed by atoms with Crippen LogP contribution in [0, 0.1) is 24.1 Å². The number of hydrogen-bond acceptors (Lipinski definition) is 3. The Morgan fingerprint density at radius 2 is 2.00 bits per heavy atom. The molecular formula is C19H13FN2S. The van der Waals surface area contributed by atoms with Gasteiger partial charge in [-0.15, -0.1) is 11.3 Å². The molecule has 0 unspecified atom stereocenters. The number of rotatable bonds is 3. The average molecular weight is 320 g/mol. The number of aryl methyl sites for hydroxylation is 1.